The average molecular weight is 434 g/mol. The van der Waals surface area contributed by atoms with Gasteiger partial charge in [0.1, 0.15) is 5.58 Å². The Bertz CT molecular complexity index is 1110. The zero-order chi connectivity index (χ0) is 22.7. The van der Waals surface area contributed by atoms with Crippen molar-refractivity contribution in [1.29, 1.82) is 0 Å². The summed E-state index contributed by atoms with van der Waals surface area (Å²) in [6.07, 6.45) is 1.05. The van der Waals surface area contributed by atoms with E-state index in [0.717, 1.165) is 53.8 Å². The number of amides is 2. The van der Waals surface area contributed by atoms with Crippen molar-refractivity contribution in [3.8, 4) is 0 Å². The Hall–Kier alpha value is -3.28. The molecule has 1 saturated heterocycles. The van der Waals surface area contributed by atoms with Crippen molar-refractivity contribution >= 4 is 28.5 Å². The Morgan fingerprint density at radius 2 is 1.62 bits per heavy atom. The molecule has 0 radical (unpaired) electrons. The Balaban J connectivity index is 1.24. The lowest BCUT2D eigenvalue weighted by molar-refractivity contribution is -0.131. The van der Waals surface area contributed by atoms with E-state index >= 15 is 0 Å². The molecule has 32 heavy (non-hydrogen) atoms. The molecule has 0 aliphatic carbocycles. The second kappa shape index (κ2) is 9.47. The Kier molecular flexibility index (Phi) is 6.49. The lowest BCUT2D eigenvalue weighted by Gasteiger charge is -2.36. The molecule has 4 rings (SSSR count). The van der Waals surface area contributed by atoms with Crippen LogP contribution >= 0.6 is 0 Å². The van der Waals surface area contributed by atoms with Crippen LogP contribution in [0.1, 0.15) is 40.1 Å². The van der Waals surface area contributed by atoms with E-state index in [0.29, 0.717) is 25.1 Å². The molecule has 1 aromatic heterocycles. The number of furan rings is 1. The van der Waals surface area contributed by atoms with Crippen LogP contribution in [-0.4, -0.2) is 49.4 Å². The highest BCUT2D eigenvalue weighted by Gasteiger charge is 2.22. The first-order chi connectivity index (χ1) is 15.5. The minimum absolute atomic E-state index is 0.151. The van der Waals surface area contributed by atoms with Crippen molar-refractivity contribution in [2.75, 3.05) is 37.6 Å². The van der Waals surface area contributed by atoms with Crippen LogP contribution in [0.2, 0.25) is 0 Å². The number of rotatable bonds is 6. The smallest absolute Gasteiger partial charge is 0.287 e. The molecule has 3 aromatic rings. The van der Waals surface area contributed by atoms with Crippen LogP contribution in [0.4, 0.5) is 5.69 Å². The van der Waals surface area contributed by atoms with Gasteiger partial charge >= 0.3 is 0 Å². The fraction of sp³-hybridized carbons (Fsp3) is 0.385. The van der Waals surface area contributed by atoms with E-state index < -0.39 is 0 Å². The zero-order valence-corrected chi connectivity index (χ0v) is 19.1. The summed E-state index contributed by atoms with van der Waals surface area (Å²) >= 11 is 0. The average Bonchev–Trinajstić information content (AvgIpc) is 3.18. The number of hydrogen-bond donors (Lipinski definition) is 1. The second-order valence-corrected chi connectivity index (χ2v) is 8.52. The Morgan fingerprint density at radius 3 is 2.31 bits per heavy atom. The van der Waals surface area contributed by atoms with E-state index in [4.69, 9.17) is 4.42 Å². The van der Waals surface area contributed by atoms with E-state index in [1.54, 1.807) is 0 Å². The molecule has 6 heteroatoms. The van der Waals surface area contributed by atoms with Crippen molar-refractivity contribution in [1.82, 2.24) is 10.2 Å². The molecule has 6 nitrogen and oxygen atoms in total. The van der Waals surface area contributed by atoms with Gasteiger partial charge in [-0.05, 0) is 50.5 Å². The monoisotopic (exact) mass is 433 g/mol. The van der Waals surface area contributed by atoms with Crippen molar-refractivity contribution in [2.24, 2.45) is 0 Å². The number of nitrogens with one attached hydrogen (secondary N) is 1. The molecular formula is C26H31N3O3. The van der Waals surface area contributed by atoms with Gasteiger partial charge in [-0.1, -0.05) is 30.3 Å². The third-order valence-electron chi connectivity index (χ3n) is 6.30. The van der Waals surface area contributed by atoms with Crippen LogP contribution in [0.25, 0.3) is 11.0 Å². The van der Waals surface area contributed by atoms with E-state index in [2.05, 4.69) is 22.3 Å². The van der Waals surface area contributed by atoms with Gasteiger partial charge in [0.2, 0.25) is 5.91 Å². The highest BCUT2D eigenvalue weighted by atomic mass is 16.3. The SMILES string of the molecule is Cc1ccc(C)c2c(C)c(C(=O)NCCCC(=O)N3CCN(c4ccccc4)CC3)oc12. The van der Waals surface area contributed by atoms with E-state index in [1.807, 2.05) is 56.0 Å². The van der Waals surface area contributed by atoms with Crippen molar-refractivity contribution in [2.45, 2.75) is 33.6 Å². The predicted octanol–water partition coefficient (Wildman–Crippen LogP) is 4.22. The summed E-state index contributed by atoms with van der Waals surface area (Å²) in [6, 6.07) is 14.4. The number of hydrogen-bond acceptors (Lipinski definition) is 4. The first kappa shape index (κ1) is 21.9. The van der Waals surface area contributed by atoms with Crippen LogP contribution in [0.15, 0.2) is 46.9 Å². The van der Waals surface area contributed by atoms with Crippen LogP contribution < -0.4 is 10.2 Å². The van der Waals surface area contributed by atoms with Gasteiger partial charge in [0, 0.05) is 55.8 Å². The molecule has 1 fully saturated rings. The normalized spacial score (nSPS) is 14.1. The fourth-order valence-corrected chi connectivity index (χ4v) is 4.42. The molecule has 168 valence electrons. The number of anilines is 1. The molecule has 1 aliphatic rings. The number of nitrogens with zero attached hydrogens (tertiary/aromatic N) is 2. The molecule has 1 N–H and O–H groups in total. The van der Waals surface area contributed by atoms with Gasteiger partial charge in [0.05, 0.1) is 0 Å². The first-order valence-corrected chi connectivity index (χ1v) is 11.3. The molecule has 0 atom stereocenters. The number of piperazine rings is 1. The third-order valence-corrected chi connectivity index (χ3v) is 6.30. The number of aryl methyl sites for hydroxylation is 3. The zero-order valence-electron chi connectivity index (χ0n) is 19.1. The van der Waals surface area contributed by atoms with E-state index in [1.165, 1.54) is 5.69 Å². The van der Waals surface area contributed by atoms with Crippen molar-refractivity contribution in [3.63, 3.8) is 0 Å². The molecule has 2 amide bonds. The van der Waals surface area contributed by atoms with Crippen LogP contribution in [-0.2, 0) is 4.79 Å². The number of fused-ring (bicyclic) bond motifs is 1. The van der Waals surface area contributed by atoms with Gasteiger partial charge in [0.15, 0.2) is 5.76 Å². The standard InChI is InChI=1S/C26H31N3O3/c1-18-11-12-19(2)24-23(18)20(3)25(32-24)26(31)27-13-7-10-22(30)29-16-14-28(15-17-29)21-8-5-4-6-9-21/h4-6,8-9,11-12H,7,10,13-17H2,1-3H3,(H,27,31). The summed E-state index contributed by atoms with van der Waals surface area (Å²) < 4.78 is 5.90. The second-order valence-electron chi connectivity index (χ2n) is 8.52. The van der Waals surface area contributed by atoms with Gasteiger partial charge in [-0.15, -0.1) is 0 Å². The molecule has 0 unspecified atom stereocenters. The molecular weight excluding hydrogens is 402 g/mol. The number of carbonyl (C=O) groups excluding carboxylic acids is 2. The fourth-order valence-electron chi connectivity index (χ4n) is 4.42. The molecule has 1 aliphatic heterocycles. The largest absolute Gasteiger partial charge is 0.450 e. The van der Waals surface area contributed by atoms with Crippen molar-refractivity contribution < 1.29 is 14.0 Å². The number of benzene rings is 2. The quantitative estimate of drug-likeness (QED) is 0.591. The topological polar surface area (TPSA) is 65.8 Å². The third kappa shape index (κ3) is 4.49. The van der Waals surface area contributed by atoms with Gasteiger partial charge in [0.25, 0.3) is 5.91 Å². The molecule has 2 aromatic carbocycles. The lowest BCUT2D eigenvalue weighted by Crippen LogP contribution is -2.48. The first-order valence-electron chi connectivity index (χ1n) is 11.3. The molecule has 2 heterocycles. The number of carbonyl (C=O) groups is 2. The summed E-state index contributed by atoms with van der Waals surface area (Å²) in [6.45, 7) is 9.53. The summed E-state index contributed by atoms with van der Waals surface area (Å²) in [5.41, 5.74) is 4.96. The van der Waals surface area contributed by atoms with Crippen LogP contribution in [0.5, 0.6) is 0 Å². The number of para-hydroxylation sites is 1. The van der Waals surface area contributed by atoms with Crippen LogP contribution in [0.3, 0.4) is 0 Å². The maximum Gasteiger partial charge on any atom is 0.287 e. The highest BCUT2D eigenvalue weighted by molar-refractivity contribution is 6.00. The summed E-state index contributed by atoms with van der Waals surface area (Å²) in [4.78, 5) is 29.5. The Morgan fingerprint density at radius 1 is 0.938 bits per heavy atom. The van der Waals surface area contributed by atoms with E-state index in [9.17, 15) is 9.59 Å². The predicted molar refractivity (Wildman–Crippen MR) is 127 cm³/mol. The molecule has 0 saturated carbocycles. The summed E-state index contributed by atoms with van der Waals surface area (Å²) in [7, 11) is 0. The van der Waals surface area contributed by atoms with Gasteiger partial charge < -0.3 is 19.5 Å². The van der Waals surface area contributed by atoms with E-state index in [-0.39, 0.29) is 11.8 Å². The minimum atomic E-state index is -0.221. The summed E-state index contributed by atoms with van der Waals surface area (Å²) in [5, 5.41) is 3.93. The Labute approximate surface area is 189 Å². The minimum Gasteiger partial charge on any atom is -0.450 e. The maximum absolute atomic E-state index is 12.7. The van der Waals surface area contributed by atoms with Crippen molar-refractivity contribution in [3.05, 3.63) is 64.9 Å². The van der Waals surface area contributed by atoms with Gasteiger partial charge in [-0.25, -0.2) is 0 Å². The van der Waals surface area contributed by atoms with Crippen LogP contribution in [0, 0.1) is 20.8 Å². The lowest BCUT2D eigenvalue weighted by atomic mass is 10.0. The maximum atomic E-state index is 12.7. The van der Waals surface area contributed by atoms with Gasteiger partial charge in [-0.3, -0.25) is 9.59 Å². The summed E-state index contributed by atoms with van der Waals surface area (Å²) in [5.74, 6) is 0.292. The molecule has 0 spiro atoms. The molecule has 0 bridgehead atoms. The highest BCUT2D eigenvalue weighted by Crippen LogP contribution is 2.30. The van der Waals surface area contributed by atoms with Gasteiger partial charge in [-0.2, -0.15) is 0 Å².